The lowest BCUT2D eigenvalue weighted by Crippen LogP contribution is -2.52. The minimum absolute atomic E-state index is 0. The third kappa shape index (κ3) is 16.4. The number of pyridine rings is 2. The van der Waals surface area contributed by atoms with Gasteiger partial charge in [0.15, 0.2) is 0 Å². The van der Waals surface area contributed by atoms with Gasteiger partial charge in [0.2, 0.25) is 5.91 Å². The second-order valence-electron chi connectivity index (χ2n) is 32.7. The molecule has 0 aromatic carbocycles. The second kappa shape index (κ2) is 32.8. The van der Waals surface area contributed by atoms with E-state index in [0.29, 0.717) is 78.4 Å². The number of Topliss-reactive ketones (excluding diaryl/α,β-unsaturated/α-hetero) is 1. The van der Waals surface area contributed by atoms with Crippen molar-refractivity contribution < 1.29 is 57.8 Å². The Bertz CT molecular complexity index is 2700. The van der Waals surface area contributed by atoms with E-state index in [4.69, 9.17) is 31.5 Å². The number of halogens is 4. The number of nitrogens with two attached hydrogens (primary N) is 1. The lowest BCUT2D eigenvalue weighted by atomic mass is 9.49. The summed E-state index contributed by atoms with van der Waals surface area (Å²) in [7, 11) is 5.06. The molecular formula is C77H126Cl2F2N4O10. The fourth-order valence-electron chi connectivity index (χ4n) is 24.7. The van der Waals surface area contributed by atoms with Crippen LogP contribution in [0.5, 0.6) is 0 Å². The minimum Gasteiger partial charge on any atom is -0.481 e. The molecule has 0 saturated heterocycles. The summed E-state index contributed by atoms with van der Waals surface area (Å²) in [6.45, 7) is 8.39. The average Bonchev–Trinajstić information content (AvgIpc) is 1.70. The van der Waals surface area contributed by atoms with E-state index in [1.807, 2.05) is 0 Å². The highest BCUT2D eigenvalue weighted by Crippen LogP contribution is 2.68. The van der Waals surface area contributed by atoms with Crippen LogP contribution in [0.2, 0.25) is 5.15 Å². The number of carbonyl (C=O) groups is 3. The van der Waals surface area contributed by atoms with Gasteiger partial charge in [0, 0.05) is 45.3 Å². The molecule has 0 unspecified atom stereocenters. The van der Waals surface area contributed by atoms with Crippen molar-refractivity contribution >= 4 is 41.7 Å². The van der Waals surface area contributed by atoms with Crippen LogP contribution in [-0.2, 0) is 35.0 Å². The quantitative estimate of drug-likeness (QED) is 0.115. The normalized spacial score (nSPS) is 42.8. The molecule has 12 saturated carbocycles. The number of hydrogen-bond donors (Lipinski definition) is 6. The van der Waals surface area contributed by atoms with Gasteiger partial charge in [0.05, 0.1) is 54.9 Å². The summed E-state index contributed by atoms with van der Waals surface area (Å²) in [6.07, 6.45) is 32.1. The maximum Gasteiger partial charge on any atom is 0.307 e. The minimum atomic E-state index is -0.634. The van der Waals surface area contributed by atoms with Gasteiger partial charge in [0.25, 0.3) is 0 Å². The zero-order valence-corrected chi connectivity index (χ0v) is 57.8. The molecule has 0 bridgehead atoms. The van der Waals surface area contributed by atoms with Crippen LogP contribution in [0, 0.1) is 134 Å². The number of aliphatic carboxylic acids is 1. The molecule has 1 amide bonds. The summed E-state index contributed by atoms with van der Waals surface area (Å²) in [5, 5.41) is 42.5. The Balaban J connectivity index is 0.000000209. The highest BCUT2D eigenvalue weighted by Gasteiger charge is 2.63. The number of carbonyl (C=O) groups excluding carboxylic acids is 2. The third-order valence-electron chi connectivity index (χ3n) is 28.4. The van der Waals surface area contributed by atoms with E-state index < -0.39 is 22.8 Å². The van der Waals surface area contributed by atoms with Crippen molar-refractivity contribution in [2.24, 2.45) is 129 Å². The Morgan fingerprint density at radius 1 is 0.495 bits per heavy atom. The topological polar surface area (TPSA) is 247 Å². The number of methoxy groups -OCH3 is 3. The van der Waals surface area contributed by atoms with Gasteiger partial charge >= 0.3 is 5.97 Å². The van der Waals surface area contributed by atoms with Gasteiger partial charge < -0.3 is 46.5 Å². The molecule has 9 N–H and O–H groups in total. The SMILES string of the molecule is C.C.C.COC[C@@]1(O)CC[C@H]2[C@H](CC[C@@H]3[C@@H]2CC[C@]2(C)[C@@H](C(=O)Cc4ccc(F)cn4)CC[C@@H]32)C1.COC[C@@]1(O)CC[C@H]2[C@H](CC[C@@H]3[C@@H]2CC[C@]2(C)[C@@H](C(=O)O)CC[C@@H]32)C1.COC[C@@]1(O)CC[C@H]2[C@H](CC[C@@H]3[C@@H]2CC[C@]2(C)[C@@H](C(N)=O)CC[C@@H]32)C1.Cl.Fc1ccc(Cl)nc1.N. The van der Waals surface area contributed by atoms with Gasteiger partial charge in [-0.1, -0.05) is 54.7 Å². The standard InChI is InChI=1S/C27H38FNO3.C21H35NO3.C21H34O4.C5H3ClFN.3CH4.ClH.H3N/c1-26-11-9-21-20-10-12-27(31,16-32-2)14-17(20)3-6-22(21)23(26)7-8-24(26)25(30)13-19-5-4-18(28)15-29-19;2*1-20-9-7-15-14-8-10-21(24,12-25-2)11-13(14)3-4-16(15)17(20)5-6-18(20)19(22)23;6-5-2-1-4(7)3-8-5;;;;;/h4-5,15,17,20-24,31H,3,6-14,16H2,1-2H3;13-18,24H,3-12H2,1-2H3,(H2,22,23);13-18,24H,3-12H2,1-2H3,(H,22,23);1-3H;3*1H4;1H;1H3/t17-,20+,21-,22-,23+,24-,26+,27-;2*13-,14+,15-,16-,17+,18-,20+,21-;;;;;;/m111....../s1. The number of fused-ring (bicyclic) bond motifs is 15. The zero-order chi connectivity index (χ0) is 64.1. The molecule has 24 atom stereocenters. The van der Waals surface area contributed by atoms with Gasteiger partial charge in [-0.3, -0.25) is 19.4 Å². The number of rotatable bonds is 11. The Labute approximate surface area is 581 Å². The van der Waals surface area contributed by atoms with Crippen molar-refractivity contribution in [1.82, 2.24) is 16.1 Å². The van der Waals surface area contributed by atoms with Crippen molar-refractivity contribution in [3.05, 3.63) is 59.1 Å². The second-order valence-corrected chi connectivity index (χ2v) is 33.1. The van der Waals surface area contributed by atoms with Crippen LogP contribution in [0.4, 0.5) is 8.78 Å². The number of hydrogen-bond acceptors (Lipinski definition) is 12. The number of amides is 1. The molecule has 14 nitrogen and oxygen atoms in total. The Morgan fingerprint density at radius 2 is 0.842 bits per heavy atom. The number of nitrogens with zero attached hydrogens (tertiary/aromatic N) is 2. The van der Waals surface area contributed by atoms with E-state index in [1.165, 1.54) is 88.6 Å². The van der Waals surface area contributed by atoms with E-state index in [-0.39, 0.29) is 92.4 Å². The first-order valence-electron chi connectivity index (χ1n) is 35.4. The summed E-state index contributed by atoms with van der Waals surface area (Å²) >= 11 is 5.33. The summed E-state index contributed by atoms with van der Waals surface area (Å²) in [6, 6.07) is 5.70. The van der Waals surface area contributed by atoms with Crippen LogP contribution >= 0.6 is 24.0 Å². The molecule has 14 rings (SSSR count). The molecule has 0 radical (unpaired) electrons. The predicted molar refractivity (Wildman–Crippen MR) is 374 cm³/mol. The van der Waals surface area contributed by atoms with Crippen LogP contribution in [0.15, 0.2) is 36.7 Å². The summed E-state index contributed by atoms with van der Waals surface area (Å²) in [4.78, 5) is 44.6. The Hall–Kier alpha value is -2.93. The van der Waals surface area contributed by atoms with Gasteiger partial charge in [-0.2, -0.15) is 0 Å². The number of aliphatic hydroxyl groups is 3. The van der Waals surface area contributed by atoms with Gasteiger partial charge in [0.1, 0.15) is 22.6 Å². The highest BCUT2D eigenvalue weighted by atomic mass is 35.5. The molecule has 12 aliphatic carbocycles. The molecule has 12 fully saturated rings. The fraction of sp³-hybridized carbons (Fsp3) is 0.831. The van der Waals surface area contributed by atoms with Crippen LogP contribution in [-0.4, -0.2) is 106 Å². The van der Waals surface area contributed by atoms with E-state index in [2.05, 4.69) is 30.7 Å². The van der Waals surface area contributed by atoms with E-state index >= 15 is 0 Å². The molecule has 12 aliphatic rings. The lowest BCUT2D eigenvalue weighted by molar-refractivity contribution is -0.151. The Kier molecular flexibility index (Phi) is 28.0. The number of carboxylic acids is 1. The lowest BCUT2D eigenvalue weighted by Gasteiger charge is -2.57. The van der Waals surface area contributed by atoms with Gasteiger partial charge in [-0.25, -0.2) is 13.8 Å². The van der Waals surface area contributed by atoms with E-state index in [1.54, 1.807) is 27.4 Å². The average molecular weight is 1380 g/mol. The fourth-order valence-corrected chi connectivity index (χ4v) is 24.8. The zero-order valence-electron chi connectivity index (χ0n) is 56.2. The maximum atomic E-state index is 13.3. The molecule has 18 heteroatoms. The first kappa shape index (κ1) is 81.0. The smallest absolute Gasteiger partial charge is 0.307 e. The number of carboxylic acid groups (broad SMARTS) is 1. The van der Waals surface area contributed by atoms with Crippen LogP contribution in [0.1, 0.15) is 222 Å². The van der Waals surface area contributed by atoms with Crippen molar-refractivity contribution in [3.8, 4) is 0 Å². The maximum absolute atomic E-state index is 13.3. The van der Waals surface area contributed by atoms with Crippen LogP contribution in [0.3, 0.4) is 0 Å². The van der Waals surface area contributed by atoms with Gasteiger partial charge in [-0.15, -0.1) is 12.4 Å². The molecule has 2 aromatic heterocycles. The van der Waals surface area contributed by atoms with Crippen molar-refractivity contribution in [3.63, 3.8) is 0 Å². The summed E-state index contributed by atoms with van der Waals surface area (Å²) in [5.74, 6) is 9.63. The molecular weight excluding hydrogens is 1250 g/mol. The van der Waals surface area contributed by atoms with Gasteiger partial charge in [-0.05, 0) is 303 Å². The van der Waals surface area contributed by atoms with E-state index in [9.17, 15) is 43.6 Å². The number of primary amides is 1. The molecule has 0 aliphatic heterocycles. The van der Waals surface area contributed by atoms with Crippen LogP contribution < -0.4 is 11.9 Å². The summed E-state index contributed by atoms with van der Waals surface area (Å²) < 4.78 is 41.0. The summed E-state index contributed by atoms with van der Waals surface area (Å²) in [5.41, 5.74) is 4.83. The van der Waals surface area contributed by atoms with Crippen molar-refractivity contribution in [2.75, 3.05) is 41.2 Å². The first-order valence-corrected chi connectivity index (χ1v) is 35.8. The van der Waals surface area contributed by atoms with Crippen molar-refractivity contribution in [1.29, 1.82) is 0 Å². The predicted octanol–water partition coefficient (Wildman–Crippen LogP) is 16.2. The number of ether oxygens (including phenoxy) is 3. The molecule has 0 spiro atoms. The van der Waals surface area contributed by atoms with Crippen LogP contribution in [0.25, 0.3) is 0 Å². The number of ketones is 1. The Morgan fingerprint density at radius 3 is 1.18 bits per heavy atom. The molecule has 95 heavy (non-hydrogen) atoms. The van der Waals surface area contributed by atoms with Crippen molar-refractivity contribution in [2.45, 2.75) is 240 Å². The molecule has 2 aromatic rings. The highest BCUT2D eigenvalue weighted by molar-refractivity contribution is 6.29. The molecule has 2 heterocycles. The molecule has 542 valence electrons. The number of aromatic nitrogens is 2. The largest absolute Gasteiger partial charge is 0.481 e. The third-order valence-corrected chi connectivity index (χ3v) is 28.6. The first-order chi connectivity index (χ1) is 42.9. The monoisotopic (exact) mass is 1370 g/mol. The van der Waals surface area contributed by atoms with E-state index in [0.717, 1.165) is 169 Å².